The highest BCUT2D eigenvalue weighted by molar-refractivity contribution is 7.69. The van der Waals surface area contributed by atoms with Gasteiger partial charge in [0.25, 0.3) is 0 Å². The summed E-state index contributed by atoms with van der Waals surface area (Å²) in [5, 5.41) is 0.231. The van der Waals surface area contributed by atoms with E-state index >= 15 is 4.39 Å². The number of aromatic nitrogens is 2. The third-order valence-corrected chi connectivity index (χ3v) is 7.47. The van der Waals surface area contributed by atoms with E-state index in [2.05, 4.69) is 9.97 Å². The highest BCUT2D eigenvalue weighted by atomic mass is 35.5. The van der Waals surface area contributed by atoms with Crippen LogP contribution < -0.4 is 15.2 Å². The number of methoxy groups -OCH3 is 1. The first kappa shape index (κ1) is 28.0. The summed E-state index contributed by atoms with van der Waals surface area (Å²) in [5.41, 5.74) is -1.11. The Labute approximate surface area is 225 Å². The number of ether oxygens (including phenoxy) is 2. The lowest BCUT2D eigenvalue weighted by molar-refractivity contribution is 0.0240. The van der Waals surface area contributed by atoms with Gasteiger partial charge in [-0.3, -0.25) is 0 Å². The molecule has 0 aliphatic carbocycles. The number of hydrogen-bond acceptors (Lipinski definition) is 7. The van der Waals surface area contributed by atoms with Gasteiger partial charge in [0.05, 0.1) is 17.7 Å². The molecule has 0 bridgehead atoms. The van der Waals surface area contributed by atoms with Gasteiger partial charge >= 0.3 is 6.09 Å². The second-order valence-corrected chi connectivity index (χ2v) is 13.9. The van der Waals surface area contributed by atoms with Gasteiger partial charge in [0.2, 0.25) is 0 Å². The van der Waals surface area contributed by atoms with Crippen molar-refractivity contribution < 1.29 is 27.6 Å². The van der Waals surface area contributed by atoms with Crippen molar-refractivity contribution in [1.29, 1.82) is 0 Å². The molecule has 38 heavy (non-hydrogen) atoms. The van der Waals surface area contributed by atoms with Gasteiger partial charge < -0.3 is 23.8 Å². The molecule has 12 heteroatoms. The fraction of sp³-hybridized carbons (Fsp3) is 0.423. The molecule has 1 saturated heterocycles. The summed E-state index contributed by atoms with van der Waals surface area (Å²) < 4.78 is 54.8. The van der Waals surface area contributed by atoms with Gasteiger partial charge in [-0.2, -0.15) is 0 Å². The number of rotatable bonds is 4. The molecule has 0 unspecified atom stereocenters. The maximum atomic E-state index is 16.2. The number of anilines is 1. The van der Waals surface area contributed by atoms with Crippen molar-refractivity contribution in [3.63, 3.8) is 0 Å². The number of carbonyl (C=O) groups excluding carboxylic acids is 1. The Kier molecular flexibility index (Phi) is 7.60. The zero-order valence-corrected chi connectivity index (χ0v) is 23.8. The first-order chi connectivity index (χ1) is 17.7. The summed E-state index contributed by atoms with van der Waals surface area (Å²) in [6, 6.07) is 5.62. The van der Waals surface area contributed by atoms with Crippen molar-refractivity contribution in [3.05, 3.63) is 40.9 Å². The van der Waals surface area contributed by atoms with Gasteiger partial charge in [0.15, 0.2) is 11.4 Å². The van der Waals surface area contributed by atoms with Crippen LogP contribution in [0.5, 0.6) is 5.75 Å². The molecule has 2 aromatic carbocycles. The number of hydrogen-bond donors (Lipinski definition) is 0. The van der Waals surface area contributed by atoms with Gasteiger partial charge in [-0.15, -0.1) is 0 Å². The second-order valence-electron chi connectivity index (χ2n) is 10.4. The van der Waals surface area contributed by atoms with Crippen LogP contribution in [0.4, 0.5) is 19.4 Å². The van der Waals surface area contributed by atoms with Crippen molar-refractivity contribution in [2.24, 2.45) is 0 Å². The predicted molar refractivity (Wildman–Crippen MR) is 146 cm³/mol. The van der Waals surface area contributed by atoms with E-state index in [4.69, 9.17) is 21.1 Å². The molecule has 2 heterocycles. The molecule has 3 aromatic rings. The van der Waals surface area contributed by atoms with Crippen molar-refractivity contribution >= 4 is 47.1 Å². The minimum Gasteiger partial charge on any atom is -0.496 e. The second kappa shape index (κ2) is 10.3. The van der Waals surface area contributed by atoms with Crippen molar-refractivity contribution in [3.8, 4) is 16.9 Å². The number of nitrogens with zero attached hydrogens (tertiary/aromatic N) is 4. The van der Waals surface area contributed by atoms with E-state index in [0.717, 1.165) is 0 Å². The van der Waals surface area contributed by atoms with Crippen LogP contribution in [0, 0.1) is 11.6 Å². The Hall–Kier alpha value is -2.97. The molecule has 0 saturated carbocycles. The Morgan fingerprint density at radius 3 is 2.32 bits per heavy atom. The summed E-state index contributed by atoms with van der Waals surface area (Å²) >= 11 is 6.55. The van der Waals surface area contributed by atoms with Gasteiger partial charge in [-0.1, -0.05) is 17.7 Å². The molecular formula is C26H30ClF2N4O4P. The molecule has 0 radical (unpaired) electrons. The lowest BCUT2D eigenvalue weighted by atomic mass is 10.0. The number of fused-ring (bicyclic) bond motifs is 1. The smallest absolute Gasteiger partial charge is 0.410 e. The number of amides is 1. The molecule has 1 aliphatic heterocycles. The molecule has 204 valence electrons. The van der Waals surface area contributed by atoms with Crippen molar-refractivity contribution in [2.45, 2.75) is 26.4 Å². The Balaban J connectivity index is 1.83. The number of benzene rings is 2. The molecule has 1 amide bonds. The first-order valence-electron chi connectivity index (χ1n) is 12.0. The van der Waals surface area contributed by atoms with Gasteiger partial charge in [0.1, 0.15) is 35.6 Å². The third kappa shape index (κ3) is 5.57. The number of carbonyl (C=O) groups is 1. The van der Waals surface area contributed by atoms with Crippen LogP contribution in [0.2, 0.25) is 5.02 Å². The minimum atomic E-state index is -3.03. The van der Waals surface area contributed by atoms with Gasteiger partial charge in [-0.05, 0) is 52.3 Å². The fourth-order valence-electron chi connectivity index (χ4n) is 4.22. The van der Waals surface area contributed by atoms with E-state index in [9.17, 15) is 13.8 Å². The predicted octanol–water partition coefficient (Wildman–Crippen LogP) is 5.54. The molecule has 0 N–H and O–H groups in total. The highest BCUT2D eigenvalue weighted by Crippen LogP contribution is 2.43. The van der Waals surface area contributed by atoms with E-state index < -0.39 is 30.5 Å². The lowest BCUT2D eigenvalue weighted by Crippen LogP contribution is -2.50. The minimum absolute atomic E-state index is 0.0118. The quantitative estimate of drug-likeness (QED) is 0.383. The van der Waals surface area contributed by atoms with E-state index in [1.54, 1.807) is 25.7 Å². The highest BCUT2D eigenvalue weighted by Gasteiger charge is 2.30. The topological polar surface area (TPSA) is 84.9 Å². The van der Waals surface area contributed by atoms with E-state index in [1.165, 1.54) is 44.7 Å². The average Bonchev–Trinajstić information content (AvgIpc) is 2.83. The van der Waals surface area contributed by atoms with Crippen molar-refractivity contribution in [2.75, 3.05) is 51.5 Å². The summed E-state index contributed by atoms with van der Waals surface area (Å²) in [7, 11) is -1.68. The van der Waals surface area contributed by atoms with Crippen LogP contribution in [0.1, 0.15) is 20.8 Å². The molecule has 8 nitrogen and oxygen atoms in total. The largest absolute Gasteiger partial charge is 0.496 e. The molecule has 0 atom stereocenters. The van der Waals surface area contributed by atoms with Crippen LogP contribution in [0.25, 0.3) is 22.0 Å². The molecule has 1 fully saturated rings. The Bertz CT molecular complexity index is 1450. The van der Waals surface area contributed by atoms with Crippen LogP contribution >= 0.6 is 18.7 Å². The number of halogens is 3. The van der Waals surface area contributed by atoms with Crippen LogP contribution in [-0.2, 0) is 9.30 Å². The Morgan fingerprint density at radius 1 is 1.08 bits per heavy atom. The van der Waals surface area contributed by atoms with Crippen LogP contribution in [0.15, 0.2) is 24.3 Å². The Morgan fingerprint density at radius 2 is 1.74 bits per heavy atom. The maximum absolute atomic E-state index is 16.2. The van der Waals surface area contributed by atoms with Gasteiger partial charge in [-0.25, -0.2) is 23.5 Å². The standard InChI is InChI=1S/C26H30ClF2N4O4P/c1-26(2,3)37-25(34)33-12-10-32(11-13-33)23-15-14-16(27)19(20-17(28)8-7-9-18(20)36-4)21(29)22(15)30-24(31-23)38(5,6)35/h7-9,14H,10-13H2,1-6H3. The maximum Gasteiger partial charge on any atom is 0.410 e. The van der Waals surface area contributed by atoms with E-state index in [0.29, 0.717) is 32.0 Å². The molecule has 0 spiro atoms. The molecule has 1 aromatic heterocycles. The lowest BCUT2D eigenvalue weighted by Gasteiger charge is -2.36. The molecule has 4 rings (SSSR count). The summed E-state index contributed by atoms with van der Waals surface area (Å²) in [5.74, 6) is -1.14. The van der Waals surface area contributed by atoms with E-state index in [1.807, 2.05) is 4.90 Å². The SMILES string of the molecule is COc1cccc(F)c1-c1c(Cl)cc2c(N3CCN(C(=O)OC(C)(C)C)CC3)nc(P(C)(C)=O)nc2c1F. The van der Waals surface area contributed by atoms with Crippen LogP contribution in [-0.4, -0.2) is 73.2 Å². The molecule has 1 aliphatic rings. The van der Waals surface area contributed by atoms with E-state index in [-0.39, 0.29) is 38.4 Å². The fourth-order valence-corrected chi connectivity index (χ4v) is 5.19. The average molecular weight is 567 g/mol. The van der Waals surface area contributed by atoms with Crippen LogP contribution in [0.3, 0.4) is 0 Å². The number of piperazine rings is 1. The molecular weight excluding hydrogens is 537 g/mol. The zero-order chi connectivity index (χ0) is 28.0. The third-order valence-electron chi connectivity index (χ3n) is 6.01. The normalized spacial score (nSPS) is 14.7. The summed E-state index contributed by atoms with van der Waals surface area (Å²) in [6.45, 7) is 9.79. The van der Waals surface area contributed by atoms with Gasteiger partial charge in [0, 0.05) is 37.1 Å². The zero-order valence-electron chi connectivity index (χ0n) is 22.1. The summed E-state index contributed by atoms with van der Waals surface area (Å²) in [6.07, 6.45) is -0.422. The monoisotopic (exact) mass is 566 g/mol. The summed E-state index contributed by atoms with van der Waals surface area (Å²) in [4.78, 5) is 24.8. The first-order valence-corrected chi connectivity index (χ1v) is 15.0. The van der Waals surface area contributed by atoms with Crippen molar-refractivity contribution in [1.82, 2.24) is 14.9 Å².